The van der Waals surface area contributed by atoms with Crippen LogP contribution < -0.4 is 36.3 Å². The molecule has 0 bridgehead atoms. The molecule has 0 spiro atoms. The summed E-state index contributed by atoms with van der Waals surface area (Å²) >= 11 is 0. The SMILES string of the molecule is C=C[C@@H]1C[C@H](NCCn2c(=O)ccc3ccc(OCCCN)cc32)CC[C@H]1N(C(=O)O)c1ccc2c(n1)NC(=O)CO2. The zero-order valence-electron chi connectivity index (χ0n) is 23.3. The van der Waals surface area contributed by atoms with Gasteiger partial charge in [-0.15, -0.1) is 6.58 Å². The van der Waals surface area contributed by atoms with Crippen LogP contribution in [0.5, 0.6) is 11.5 Å². The molecule has 1 aromatic carbocycles. The monoisotopic (exact) mass is 576 g/mol. The fourth-order valence-corrected chi connectivity index (χ4v) is 5.69. The Morgan fingerprint density at radius 1 is 1.26 bits per heavy atom. The molecule has 5 rings (SSSR count). The number of ether oxygens (including phenoxy) is 2. The number of benzene rings is 1. The molecular weight excluding hydrogens is 540 g/mol. The summed E-state index contributed by atoms with van der Waals surface area (Å²) in [5.74, 6) is 1.05. The Kier molecular flexibility index (Phi) is 9.03. The summed E-state index contributed by atoms with van der Waals surface area (Å²) in [7, 11) is 0. The van der Waals surface area contributed by atoms with Gasteiger partial charge in [-0.2, -0.15) is 0 Å². The third-order valence-electron chi connectivity index (χ3n) is 7.76. The van der Waals surface area contributed by atoms with Crippen molar-refractivity contribution < 1.29 is 24.2 Å². The highest BCUT2D eigenvalue weighted by molar-refractivity contribution is 5.95. The van der Waals surface area contributed by atoms with Gasteiger partial charge in [0.2, 0.25) is 0 Å². The second-order valence-corrected chi connectivity index (χ2v) is 10.5. The number of carboxylic acid groups (broad SMARTS) is 1. The lowest BCUT2D eigenvalue weighted by atomic mass is 9.80. The van der Waals surface area contributed by atoms with E-state index in [1.54, 1.807) is 28.8 Å². The minimum Gasteiger partial charge on any atom is -0.493 e. The van der Waals surface area contributed by atoms with Crippen molar-refractivity contribution in [3.63, 3.8) is 0 Å². The predicted octanol–water partition coefficient (Wildman–Crippen LogP) is 2.95. The molecule has 3 heterocycles. The van der Waals surface area contributed by atoms with E-state index in [0.29, 0.717) is 50.6 Å². The van der Waals surface area contributed by atoms with Gasteiger partial charge in [-0.3, -0.25) is 14.5 Å². The van der Waals surface area contributed by atoms with Crippen LogP contribution >= 0.6 is 0 Å². The molecule has 5 N–H and O–H groups in total. The number of aromatic nitrogens is 2. The highest BCUT2D eigenvalue weighted by atomic mass is 16.5. The van der Waals surface area contributed by atoms with Crippen LogP contribution in [0, 0.1) is 5.92 Å². The van der Waals surface area contributed by atoms with Gasteiger partial charge in [0, 0.05) is 37.3 Å². The third-order valence-corrected chi connectivity index (χ3v) is 7.76. The van der Waals surface area contributed by atoms with E-state index in [-0.39, 0.29) is 47.7 Å². The zero-order chi connectivity index (χ0) is 29.6. The molecule has 2 aliphatic rings. The molecule has 2 aromatic heterocycles. The van der Waals surface area contributed by atoms with E-state index in [1.165, 1.54) is 4.90 Å². The lowest BCUT2D eigenvalue weighted by Gasteiger charge is -2.40. The van der Waals surface area contributed by atoms with E-state index >= 15 is 0 Å². The van der Waals surface area contributed by atoms with Crippen molar-refractivity contribution in [3.8, 4) is 11.5 Å². The van der Waals surface area contributed by atoms with Gasteiger partial charge in [0.15, 0.2) is 18.2 Å². The number of hydrogen-bond acceptors (Lipinski definition) is 8. The standard InChI is InChI=1S/C30H36N6O6/c1-2-19-16-21(6-8-23(19)36(30(39)40)26-10-9-25-29(33-26)34-27(37)18-42-25)32-13-14-35-24-17-22(41-15-3-12-31)7-4-20(24)5-11-28(35)38/h2,4-5,7,9-11,17,19,21,23,32H,1,3,6,8,12-16,18,31H2,(H,39,40)(H,33,34,37)/t19-,21-,23-/m1/s1. The number of hydrogen-bond donors (Lipinski definition) is 4. The summed E-state index contributed by atoms with van der Waals surface area (Å²) in [5.41, 5.74) is 6.28. The van der Waals surface area contributed by atoms with Crippen LogP contribution in [0.4, 0.5) is 16.4 Å². The van der Waals surface area contributed by atoms with Gasteiger partial charge in [-0.1, -0.05) is 6.08 Å². The number of anilines is 2. The summed E-state index contributed by atoms with van der Waals surface area (Å²) in [5, 5.41) is 17.3. The summed E-state index contributed by atoms with van der Waals surface area (Å²) in [4.78, 5) is 42.6. The molecule has 12 nitrogen and oxygen atoms in total. The number of carbonyl (C=O) groups is 2. The van der Waals surface area contributed by atoms with Gasteiger partial charge < -0.3 is 35.5 Å². The molecule has 3 aromatic rings. The molecule has 0 saturated heterocycles. The molecule has 1 saturated carbocycles. The molecule has 1 aliphatic carbocycles. The molecular formula is C30H36N6O6. The lowest BCUT2D eigenvalue weighted by Crippen LogP contribution is -2.50. The van der Waals surface area contributed by atoms with E-state index in [1.807, 2.05) is 24.3 Å². The fourth-order valence-electron chi connectivity index (χ4n) is 5.69. The normalized spacial score (nSPS) is 19.8. The van der Waals surface area contributed by atoms with Crippen molar-refractivity contribution >= 4 is 34.5 Å². The first kappa shape index (κ1) is 29.1. The van der Waals surface area contributed by atoms with E-state index in [0.717, 1.165) is 23.7 Å². The highest BCUT2D eigenvalue weighted by Gasteiger charge is 2.37. The third kappa shape index (κ3) is 6.39. The maximum absolute atomic E-state index is 12.8. The molecule has 1 fully saturated rings. The van der Waals surface area contributed by atoms with Crippen LogP contribution in [0.15, 0.2) is 59.9 Å². The van der Waals surface area contributed by atoms with Crippen LogP contribution in [0.1, 0.15) is 25.7 Å². The number of nitrogens with zero attached hydrogens (tertiary/aromatic N) is 3. The molecule has 0 radical (unpaired) electrons. The summed E-state index contributed by atoms with van der Waals surface area (Å²) in [6.07, 6.45) is 3.40. The Hall–Kier alpha value is -4.42. The van der Waals surface area contributed by atoms with Crippen LogP contribution in [0.2, 0.25) is 0 Å². The largest absolute Gasteiger partial charge is 0.493 e. The van der Waals surface area contributed by atoms with Crippen molar-refractivity contribution in [2.45, 2.75) is 44.3 Å². The molecule has 12 heteroatoms. The van der Waals surface area contributed by atoms with Crippen molar-refractivity contribution in [3.05, 3.63) is 65.5 Å². The van der Waals surface area contributed by atoms with Crippen LogP contribution in [0.3, 0.4) is 0 Å². The molecule has 0 unspecified atom stereocenters. The first-order valence-electron chi connectivity index (χ1n) is 14.2. The maximum atomic E-state index is 12.8. The van der Waals surface area contributed by atoms with E-state index < -0.39 is 6.09 Å². The second-order valence-electron chi connectivity index (χ2n) is 10.5. The molecule has 1 aliphatic heterocycles. The van der Waals surface area contributed by atoms with E-state index in [4.69, 9.17) is 15.2 Å². The number of rotatable bonds is 11. The molecule has 3 atom stereocenters. The van der Waals surface area contributed by atoms with Crippen LogP contribution in [0.25, 0.3) is 10.9 Å². The van der Waals surface area contributed by atoms with Gasteiger partial charge in [0.1, 0.15) is 11.6 Å². The Balaban J connectivity index is 1.24. The van der Waals surface area contributed by atoms with Crippen LogP contribution in [-0.2, 0) is 11.3 Å². The van der Waals surface area contributed by atoms with Crippen molar-refractivity contribution in [2.75, 3.05) is 36.5 Å². The Bertz CT molecular complexity index is 1520. The predicted molar refractivity (Wildman–Crippen MR) is 159 cm³/mol. The summed E-state index contributed by atoms with van der Waals surface area (Å²) < 4.78 is 12.9. The number of nitrogens with one attached hydrogen (secondary N) is 2. The van der Waals surface area contributed by atoms with Gasteiger partial charge in [0.05, 0.1) is 12.1 Å². The van der Waals surface area contributed by atoms with Crippen molar-refractivity contribution in [1.82, 2.24) is 14.9 Å². The van der Waals surface area contributed by atoms with Crippen molar-refractivity contribution in [2.24, 2.45) is 11.7 Å². The minimum atomic E-state index is -1.13. The van der Waals surface area contributed by atoms with Gasteiger partial charge in [-0.05, 0) is 73.9 Å². The first-order valence-corrected chi connectivity index (χ1v) is 14.2. The average Bonchev–Trinajstić information content (AvgIpc) is 2.98. The van der Waals surface area contributed by atoms with Gasteiger partial charge in [0.25, 0.3) is 11.5 Å². The highest BCUT2D eigenvalue weighted by Crippen LogP contribution is 2.35. The average molecular weight is 577 g/mol. The number of carbonyl (C=O) groups excluding carboxylic acids is 1. The smallest absolute Gasteiger partial charge is 0.413 e. The zero-order valence-corrected chi connectivity index (χ0v) is 23.3. The topological polar surface area (TPSA) is 161 Å². The number of pyridine rings is 2. The van der Waals surface area contributed by atoms with E-state index in [9.17, 15) is 19.5 Å². The van der Waals surface area contributed by atoms with Crippen molar-refractivity contribution in [1.29, 1.82) is 0 Å². The Morgan fingerprint density at radius 3 is 2.88 bits per heavy atom. The maximum Gasteiger partial charge on any atom is 0.413 e. The first-order chi connectivity index (χ1) is 20.4. The molecule has 222 valence electrons. The summed E-state index contributed by atoms with van der Waals surface area (Å²) in [6, 6.07) is 12.1. The Labute approximate surface area is 243 Å². The fraction of sp³-hybridized carbons (Fsp3) is 0.400. The molecule has 2 amide bonds. The quantitative estimate of drug-likeness (QED) is 0.199. The summed E-state index contributed by atoms with van der Waals surface area (Å²) in [6.45, 7) is 5.97. The van der Waals surface area contributed by atoms with Gasteiger partial charge in [-0.25, -0.2) is 9.78 Å². The number of nitrogens with two attached hydrogens (primary N) is 1. The van der Waals surface area contributed by atoms with Gasteiger partial charge >= 0.3 is 6.09 Å². The molecule has 42 heavy (non-hydrogen) atoms. The number of amides is 2. The van der Waals surface area contributed by atoms with E-state index in [2.05, 4.69) is 22.2 Å². The number of fused-ring (bicyclic) bond motifs is 2. The second kappa shape index (κ2) is 13.0. The lowest BCUT2D eigenvalue weighted by molar-refractivity contribution is -0.118. The Morgan fingerprint density at radius 2 is 2.10 bits per heavy atom. The minimum absolute atomic E-state index is 0.0904. The van der Waals surface area contributed by atoms with Crippen LogP contribution in [-0.4, -0.2) is 65.0 Å².